The van der Waals surface area contributed by atoms with E-state index in [1.807, 2.05) is 6.92 Å². The van der Waals surface area contributed by atoms with Crippen LogP contribution in [0.5, 0.6) is 0 Å². The molecule has 2 N–H and O–H groups in total. The van der Waals surface area contributed by atoms with Crippen molar-refractivity contribution in [1.82, 2.24) is 5.32 Å². The molecule has 5 heteroatoms. The summed E-state index contributed by atoms with van der Waals surface area (Å²) in [7, 11) is 0. The van der Waals surface area contributed by atoms with Crippen LogP contribution in [0.4, 0.5) is 0 Å². The summed E-state index contributed by atoms with van der Waals surface area (Å²) in [6, 6.07) is 3.34. The van der Waals surface area contributed by atoms with Crippen LogP contribution in [0, 0.1) is 0 Å². The Morgan fingerprint density at radius 2 is 2.25 bits per heavy atom. The molecule has 16 heavy (non-hydrogen) atoms. The predicted molar refractivity (Wildman–Crippen MR) is 56.8 cm³/mol. The normalized spacial score (nSPS) is 12.1. The van der Waals surface area contributed by atoms with E-state index in [1.165, 1.54) is 0 Å². The summed E-state index contributed by atoms with van der Waals surface area (Å²) in [5.74, 6) is -0.358. The third-order valence-corrected chi connectivity index (χ3v) is 2.14. The Morgan fingerprint density at radius 3 is 2.81 bits per heavy atom. The Hall–Kier alpha value is -1.78. The molecule has 88 valence electrons. The zero-order valence-electron chi connectivity index (χ0n) is 9.10. The average molecular weight is 225 g/mol. The number of aliphatic carboxylic acids is 1. The maximum atomic E-state index is 11.4. The number of amides is 1. The van der Waals surface area contributed by atoms with Gasteiger partial charge in [0.1, 0.15) is 5.76 Å². The summed E-state index contributed by atoms with van der Waals surface area (Å²) >= 11 is 0. The molecule has 0 aliphatic heterocycles. The van der Waals surface area contributed by atoms with Crippen molar-refractivity contribution in [2.45, 2.75) is 32.2 Å². The Kier molecular flexibility index (Phi) is 4.57. The van der Waals surface area contributed by atoms with Crippen LogP contribution in [0.2, 0.25) is 0 Å². The number of rotatable bonds is 6. The van der Waals surface area contributed by atoms with Gasteiger partial charge in [-0.2, -0.15) is 0 Å². The number of hydrogen-bond acceptors (Lipinski definition) is 3. The van der Waals surface area contributed by atoms with Crippen LogP contribution >= 0.6 is 0 Å². The molecule has 0 radical (unpaired) electrons. The van der Waals surface area contributed by atoms with Gasteiger partial charge in [-0.15, -0.1) is 0 Å². The molecular weight excluding hydrogens is 210 g/mol. The van der Waals surface area contributed by atoms with Gasteiger partial charge in [0.2, 0.25) is 5.91 Å². The van der Waals surface area contributed by atoms with E-state index in [1.54, 1.807) is 18.4 Å². The van der Waals surface area contributed by atoms with E-state index in [9.17, 15) is 9.59 Å². The number of carboxylic acid groups (broad SMARTS) is 1. The van der Waals surface area contributed by atoms with Crippen LogP contribution < -0.4 is 5.32 Å². The Balaban J connectivity index is 2.26. The van der Waals surface area contributed by atoms with Gasteiger partial charge < -0.3 is 14.8 Å². The minimum absolute atomic E-state index is 0.0164. The van der Waals surface area contributed by atoms with E-state index in [0.29, 0.717) is 12.2 Å². The number of carboxylic acids is 1. The van der Waals surface area contributed by atoms with Crippen molar-refractivity contribution in [3.8, 4) is 0 Å². The van der Waals surface area contributed by atoms with Crippen molar-refractivity contribution < 1.29 is 19.1 Å². The smallest absolute Gasteiger partial charge is 0.303 e. The predicted octanol–water partition coefficient (Wildman–Crippen LogP) is 1.71. The highest BCUT2D eigenvalue weighted by atomic mass is 16.4. The van der Waals surface area contributed by atoms with E-state index in [4.69, 9.17) is 9.52 Å². The SMILES string of the molecule is C[C@@H](NC(=O)CCCC(=O)O)c1ccco1. The lowest BCUT2D eigenvalue weighted by molar-refractivity contribution is -0.137. The van der Waals surface area contributed by atoms with Crippen LogP contribution in [-0.2, 0) is 9.59 Å². The van der Waals surface area contributed by atoms with Gasteiger partial charge in [0.15, 0.2) is 0 Å². The van der Waals surface area contributed by atoms with Gasteiger partial charge in [-0.25, -0.2) is 0 Å². The third-order valence-electron chi connectivity index (χ3n) is 2.14. The van der Waals surface area contributed by atoms with Crippen molar-refractivity contribution in [3.05, 3.63) is 24.2 Å². The monoisotopic (exact) mass is 225 g/mol. The third kappa shape index (κ3) is 4.16. The van der Waals surface area contributed by atoms with Crippen molar-refractivity contribution >= 4 is 11.9 Å². The van der Waals surface area contributed by atoms with E-state index < -0.39 is 5.97 Å². The molecule has 0 bridgehead atoms. The molecule has 5 nitrogen and oxygen atoms in total. The largest absolute Gasteiger partial charge is 0.481 e. The maximum absolute atomic E-state index is 11.4. The lowest BCUT2D eigenvalue weighted by Gasteiger charge is -2.10. The van der Waals surface area contributed by atoms with Crippen LogP contribution in [0.15, 0.2) is 22.8 Å². The molecule has 0 unspecified atom stereocenters. The first-order valence-electron chi connectivity index (χ1n) is 5.14. The van der Waals surface area contributed by atoms with Gasteiger partial charge in [0, 0.05) is 12.8 Å². The average Bonchev–Trinajstić information content (AvgIpc) is 2.69. The van der Waals surface area contributed by atoms with Gasteiger partial charge in [0.05, 0.1) is 12.3 Å². The Bertz CT molecular complexity index is 345. The van der Waals surface area contributed by atoms with Gasteiger partial charge >= 0.3 is 5.97 Å². The molecule has 0 aromatic carbocycles. The van der Waals surface area contributed by atoms with E-state index in [0.717, 1.165) is 0 Å². The second-order valence-electron chi connectivity index (χ2n) is 3.55. The van der Waals surface area contributed by atoms with E-state index >= 15 is 0 Å². The first kappa shape index (κ1) is 12.3. The number of nitrogens with one attached hydrogen (secondary N) is 1. The molecule has 1 heterocycles. The van der Waals surface area contributed by atoms with Gasteiger partial charge in [-0.05, 0) is 25.5 Å². The lowest BCUT2D eigenvalue weighted by Crippen LogP contribution is -2.26. The fourth-order valence-electron chi connectivity index (χ4n) is 1.32. The standard InChI is InChI=1S/C11H15NO4/c1-8(9-4-3-7-16-9)12-10(13)5-2-6-11(14)15/h3-4,7-8H,2,5-6H2,1H3,(H,12,13)(H,14,15)/t8-/m1/s1. The summed E-state index contributed by atoms with van der Waals surface area (Å²) in [6.45, 7) is 1.81. The minimum Gasteiger partial charge on any atom is -0.481 e. The van der Waals surface area contributed by atoms with Gasteiger partial charge in [-0.3, -0.25) is 9.59 Å². The molecule has 1 atom stereocenters. The highest BCUT2D eigenvalue weighted by Crippen LogP contribution is 2.12. The molecule has 0 saturated carbocycles. The summed E-state index contributed by atoms with van der Waals surface area (Å²) in [4.78, 5) is 21.6. The second-order valence-corrected chi connectivity index (χ2v) is 3.55. The minimum atomic E-state index is -0.883. The fourth-order valence-corrected chi connectivity index (χ4v) is 1.32. The Labute approximate surface area is 93.4 Å². The number of furan rings is 1. The number of hydrogen-bond donors (Lipinski definition) is 2. The highest BCUT2D eigenvalue weighted by Gasteiger charge is 2.11. The molecule has 0 saturated heterocycles. The maximum Gasteiger partial charge on any atom is 0.303 e. The summed E-state index contributed by atoms with van der Waals surface area (Å²) in [5.41, 5.74) is 0. The summed E-state index contributed by atoms with van der Waals surface area (Å²) in [5, 5.41) is 11.1. The van der Waals surface area contributed by atoms with Gasteiger partial charge in [0.25, 0.3) is 0 Å². The Morgan fingerprint density at radius 1 is 1.50 bits per heavy atom. The molecule has 1 rings (SSSR count). The first-order chi connectivity index (χ1) is 7.59. The van der Waals surface area contributed by atoms with Gasteiger partial charge in [-0.1, -0.05) is 0 Å². The molecule has 1 amide bonds. The fraction of sp³-hybridized carbons (Fsp3) is 0.455. The molecule has 0 aliphatic rings. The molecule has 1 aromatic rings. The molecular formula is C11H15NO4. The lowest BCUT2D eigenvalue weighted by atomic mass is 10.2. The van der Waals surface area contributed by atoms with E-state index in [2.05, 4.69) is 5.32 Å². The molecule has 0 aliphatic carbocycles. The van der Waals surface area contributed by atoms with Crippen molar-refractivity contribution in [3.63, 3.8) is 0 Å². The highest BCUT2D eigenvalue weighted by molar-refractivity contribution is 5.77. The van der Waals surface area contributed by atoms with Crippen molar-refractivity contribution in [1.29, 1.82) is 0 Å². The topological polar surface area (TPSA) is 79.5 Å². The van der Waals surface area contributed by atoms with Crippen LogP contribution in [0.1, 0.15) is 38.0 Å². The molecule has 0 spiro atoms. The van der Waals surface area contributed by atoms with Crippen molar-refractivity contribution in [2.75, 3.05) is 0 Å². The number of carbonyl (C=O) groups excluding carboxylic acids is 1. The zero-order valence-corrected chi connectivity index (χ0v) is 9.10. The summed E-state index contributed by atoms with van der Waals surface area (Å²) < 4.78 is 5.13. The van der Waals surface area contributed by atoms with Crippen LogP contribution in [0.25, 0.3) is 0 Å². The quantitative estimate of drug-likeness (QED) is 0.772. The van der Waals surface area contributed by atoms with Crippen LogP contribution in [0.3, 0.4) is 0 Å². The molecule has 1 aromatic heterocycles. The van der Waals surface area contributed by atoms with E-state index in [-0.39, 0.29) is 24.8 Å². The summed E-state index contributed by atoms with van der Waals surface area (Å²) in [6.07, 6.45) is 2.13. The first-order valence-corrected chi connectivity index (χ1v) is 5.14. The zero-order chi connectivity index (χ0) is 12.0. The van der Waals surface area contributed by atoms with Crippen molar-refractivity contribution in [2.24, 2.45) is 0 Å². The second kappa shape index (κ2) is 5.95. The molecule has 0 fully saturated rings. The number of carbonyl (C=O) groups is 2. The van der Waals surface area contributed by atoms with Crippen LogP contribution in [-0.4, -0.2) is 17.0 Å².